The first-order chi connectivity index (χ1) is 8.30. The Balaban J connectivity index is 2.31. The van der Waals surface area contributed by atoms with E-state index in [1.165, 1.54) is 12.0 Å². The number of aryl methyl sites for hydroxylation is 1. The lowest BCUT2D eigenvalue weighted by atomic mass is 10.1. The summed E-state index contributed by atoms with van der Waals surface area (Å²) in [5.74, 6) is 0.901. The Kier molecular flexibility index (Phi) is 6.67. The molecule has 17 heavy (non-hydrogen) atoms. The van der Waals surface area contributed by atoms with Crippen LogP contribution in [0.15, 0.2) is 24.3 Å². The number of rotatable bonds is 8. The molecule has 0 saturated heterocycles. The number of nitrogens with one attached hydrogen (secondary N) is 1. The van der Waals surface area contributed by atoms with Crippen LogP contribution in [0.25, 0.3) is 0 Å². The molecule has 2 N–H and O–H groups in total. The van der Waals surface area contributed by atoms with Gasteiger partial charge in [0, 0.05) is 6.04 Å². The van der Waals surface area contributed by atoms with Crippen molar-refractivity contribution >= 4 is 0 Å². The standard InChI is InChI=1S/C14H23NO2/c1-3-4-12-5-7-14(8-6-12)17-10-9-13(11-16)15-2/h5-8,13,15-16H,3-4,9-11H2,1-2H3. The largest absolute Gasteiger partial charge is 0.494 e. The molecule has 0 aliphatic carbocycles. The average molecular weight is 237 g/mol. The molecule has 0 bridgehead atoms. The van der Waals surface area contributed by atoms with E-state index in [0.29, 0.717) is 6.61 Å². The molecule has 1 aromatic carbocycles. The minimum atomic E-state index is 0.120. The maximum atomic E-state index is 9.00. The van der Waals surface area contributed by atoms with Crippen LogP contribution in [0.5, 0.6) is 5.75 Å². The van der Waals surface area contributed by atoms with Gasteiger partial charge in [0.2, 0.25) is 0 Å². The molecule has 0 saturated carbocycles. The minimum absolute atomic E-state index is 0.120. The number of aliphatic hydroxyl groups is 1. The van der Waals surface area contributed by atoms with Crippen LogP contribution < -0.4 is 10.1 Å². The molecule has 0 spiro atoms. The molecule has 0 fully saturated rings. The quantitative estimate of drug-likeness (QED) is 0.726. The Labute approximate surface area is 104 Å². The molecular formula is C14H23NO2. The third-order valence-corrected chi connectivity index (χ3v) is 2.83. The average Bonchev–Trinajstić information content (AvgIpc) is 2.37. The SMILES string of the molecule is CCCc1ccc(OCCC(CO)NC)cc1. The first-order valence-corrected chi connectivity index (χ1v) is 6.30. The van der Waals surface area contributed by atoms with E-state index in [2.05, 4.69) is 24.4 Å². The van der Waals surface area contributed by atoms with Crippen molar-refractivity contribution in [3.8, 4) is 5.75 Å². The summed E-state index contributed by atoms with van der Waals surface area (Å²) >= 11 is 0. The molecule has 96 valence electrons. The molecular weight excluding hydrogens is 214 g/mol. The van der Waals surface area contributed by atoms with E-state index in [0.717, 1.165) is 18.6 Å². The number of hydrogen-bond acceptors (Lipinski definition) is 3. The van der Waals surface area contributed by atoms with Crippen LogP contribution in [0.3, 0.4) is 0 Å². The fourth-order valence-electron chi connectivity index (χ4n) is 1.69. The van der Waals surface area contributed by atoms with Crippen molar-refractivity contribution in [3.63, 3.8) is 0 Å². The first-order valence-electron chi connectivity index (χ1n) is 6.30. The van der Waals surface area contributed by atoms with Crippen molar-refractivity contribution in [2.75, 3.05) is 20.3 Å². The number of hydrogen-bond donors (Lipinski definition) is 2. The second kappa shape index (κ2) is 8.09. The molecule has 3 heteroatoms. The van der Waals surface area contributed by atoms with Gasteiger partial charge in [0.05, 0.1) is 13.2 Å². The van der Waals surface area contributed by atoms with Gasteiger partial charge in [0.1, 0.15) is 5.75 Å². The van der Waals surface area contributed by atoms with Crippen LogP contribution in [-0.2, 0) is 6.42 Å². The Morgan fingerprint density at radius 1 is 1.29 bits per heavy atom. The molecule has 0 aromatic heterocycles. The van der Waals surface area contributed by atoms with Gasteiger partial charge in [-0.15, -0.1) is 0 Å². The highest BCUT2D eigenvalue weighted by Crippen LogP contribution is 2.13. The first kappa shape index (κ1) is 14.0. The van der Waals surface area contributed by atoms with Crippen molar-refractivity contribution < 1.29 is 9.84 Å². The van der Waals surface area contributed by atoms with Crippen LogP contribution in [0, 0.1) is 0 Å². The van der Waals surface area contributed by atoms with Gasteiger partial charge in [-0.05, 0) is 37.6 Å². The molecule has 0 heterocycles. The van der Waals surface area contributed by atoms with Crippen LogP contribution in [0.4, 0.5) is 0 Å². The van der Waals surface area contributed by atoms with Crippen LogP contribution in [-0.4, -0.2) is 31.4 Å². The molecule has 3 nitrogen and oxygen atoms in total. The highest BCUT2D eigenvalue weighted by molar-refractivity contribution is 5.27. The summed E-state index contributed by atoms with van der Waals surface area (Å²) < 4.78 is 5.62. The van der Waals surface area contributed by atoms with E-state index in [1.807, 2.05) is 19.2 Å². The second-order valence-corrected chi connectivity index (χ2v) is 4.20. The fourth-order valence-corrected chi connectivity index (χ4v) is 1.69. The summed E-state index contributed by atoms with van der Waals surface area (Å²) in [4.78, 5) is 0. The summed E-state index contributed by atoms with van der Waals surface area (Å²) in [6.45, 7) is 2.95. The van der Waals surface area contributed by atoms with Gasteiger partial charge in [0.25, 0.3) is 0 Å². The zero-order valence-electron chi connectivity index (χ0n) is 10.8. The molecule has 0 amide bonds. The summed E-state index contributed by atoms with van der Waals surface area (Å²) in [5, 5.41) is 12.0. The Morgan fingerprint density at radius 3 is 2.53 bits per heavy atom. The number of aliphatic hydroxyl groups excluding tert-OH is 1. The van der Waals surface area contributed by atoms with Gasteiger partial charge >= 0.3 is 0 Å². The lowest BCUT2D eigenvalue weighted by Crippen LogP contribution is -2.30. The van der Waals surface area contributed by atoms with Crippen molar-refractivity contribution in [3.05, 3.63) is 29.8 Å². The normalized spacial score (nSPS) is 12.4. The molecule has 1 atom stereocenters. The Morgan fingerprint density at radius 2 is 2.00 bits per heavy atom. The van der Waals surface area contributed by atoms with Crippen molar-refractivity contribution in [2.24, 2.45) is 0 Å². The van der Waals surface area contributed by atoms with Crippen LogP contribution >= 0.6 is 0 Å². The van der Waals surface area contributed by atoms with Gasteiger partial charge < -0.3 is 15.2 Å². The van der Waals surface area contributed by atoms with E-state index >= 15 is 0 Å². The topological polar surface area (TPSA) is 41.5 Å². The fraction of sp³-hybridized carbons (Fsp3) is 0.571. The van der Waals surface area contributed by atoms with Crippen LogP contribution in [0.2, 0.25) is 0 Å². The third-order valence-electron chi connectivity index (χ3n) is 2.83. The summed E-state index contributed by atoms with van der Waals surface area (Å²) in [6, 6.07) is 8.37. The predicted octanol–water partition coefficient (Wildman–Crippen LogP) is 1.99. The van der Waals surface area contributed by atoms with Gasteiger partial charge in [0.15, 0.2) is 0 Å². The van der Waals surface area contributed by atoms with E-state index in [1.54, 1.807) is 0 Å². The Bertz CT molecular complexity index is 294. The predicted molar refractivity (Wildman–Crippen MR) is 70.5 cm³/mol. The monoisotopic (exact) mass is 237 g/mol. The molecule has 0 aliphatic heterocycles. The van der Waals surface area contributed by atoms with Gasteiger partial charge in [-0.25, -0.2) is 0 Å². The smallest absolute Gasteiger partial charge is 0.119 e. The van der Waals surface area contributed by atoms with Crippen LogP contribution in [0.1, 0.15) is 25.3 Å². The number of likely N-dealkylation sites (N-methyl/N-ethyl adjacent to an activating group) is 1. The van der Waals surface area contributed by atoms with Gasteiger partial charge in [-0.2, -0.15) is 0 Å². The zero-order chi connectivity index (χ0) is 12.5. The lowest BCUT2D eigenvalue weighted by Gasteiger charge is -2.13. The maximum absolute atomic E-state index is 9.00. The number of benzene rings is 1. The van der Waals surface area contributed by atoms with Gasteiger partial charge in [-0.1, -0.05) is 25.5 Å². The van der Waals surface area contributed by atoms with Crippen molar-refractivity contribution in [1.29, 1.82) is 0 Å². The van der Waals surface area contributed by atoms with E-state index in [4.69, 9.17) is 9.84 Å². The van der Waals surface area contributed by atoms with Crippen molar-refractivity contribution in [1.82, 2.24) is 5.32 Å². The second-order valence-electron chi connectivity index (χ2n) is 4.20. The minimum Gasteiger partial charge on any atom is -0.494 e. The lowest BCUT2D eigenvalue weighted by molar-refractivity contribution is 0.214. The summed E-state index contributed by atoms with van der Waals surface area (Å²) in [5.41, 5.74) is 1.35. The Hall–Kier alpha value is -1.06. The molecule has 1 aromatic rings. The zero-order valence-corrected chi connectivity index (χ0v) is 10.8. The third kappa shape index (κ3) is 5.20. The highest BCUT2D eigenvalue weighted by Gasteiger charge is 2.03. The van der Waals surface area contributed by atoms with Crippen molar-refractivity contribution in [2.45, 2.75) is 32.2 Å². The molecule has 0 aliphatic rings. The molecule has 0 radical (unpaired) electrons. The van der Waals surface area contributed by atoms with E-state index < -0.39 is 0 Å². The summed E-state index contributed by atoms with van der Waals surface area (Å²) in [6.07, 6.45) is 3.09. The molecule has 1 rings (SSSR count). The van der Waals surface area contributed by atoms with E-state index in [9.17, 15) is 0 Å². The molecule has 1 unspecified atom stereocenters. The summed E-state index contributed by atoms with van der Waals surface area (Å²) in [7, 11) is 1.85. The highest BCUT2D eigenvalue weighted by atomic mass is 16.5. The van der Waals surface area contributed by atoms with Gasteiger partial charge in [-0.3, -0.25) is 0 Å². The number of ether oxygens (including phenoxy) is 1. The maximum Gasteiger partial charge on any atom is 0.119 e. The van der Waals surface area contributed by atoms with E-state index in [-0.39, 0.29) is 12.6 Å².